The third kappa shape index (κ3) is 4.65. The quantitative estimate of drug-likeness (QED) is 0.397. The summed E-state index contributed by atoms with van der Waals surface area (Å²) in [5.41, 5.74) is 5.03. The third-order valence-corrected chi connectivity index (χ3v) is 8.21. The normalized spacial score (nSPS) is 25.4. The molecule has 1 saturated heterocycles. The molecule has 1 spiro atoms. The van der Waals surface area contributed by atoms with Gasteiger partial charge in [0.25, 0.3) is 0 Å². The number of anilines is 3. The Hall–Kier alpha value is -3.52. The van der Waals surface area contributed by atoms with E-state index in [4.69, 9.17) is 19.6 Å². The van der Waals surface area contributed by atoms with E-state index in [-0.39, 0.29) is 18.2 Å². The number of nitrogens with one attached hydrogen (secondary N) is 2. The molecule has 2 aliphatic heterocycles. The molecule has 10 heteroatoms. The highest BCUT2D eigenvalue weighted by Gasteiger charge is 2.59. The summed E-state index contributed by atoms with van der Waals surface area (Å²) in [6.45, 7) is 8.87. The highest BCUT2D eigenvalue weighted by atomic mass is 16.6. The fraction of sp³-hybridized carbons (Fsp3) is 0.517. The van der Waals surface area contributed by atoms with Crippen LogP contribution in [0.15, 0.2) is 30.6 Å². The summed E-state index contributed by atoms with van der Waals surface area (Å²) in [6.07, 6.45) is 6.37. The molecule has 6 rings (SSSR count). The van der Waals surface area contributed by atoms with Gasteiger partial charge in [0.05, 0.1) is 67.0 Å². The summed E-state index contributed by atoms with van der Waals surface area (Å²) in [5.74, 6) is 1.01. The van der Waals surface area contributed by atoms with Gasteiger partial charge in [-0.25, -0.2) is 9.97 Å². The molecular weight excluding hydrogens is 494 g/mol. The molecule has 0 bridgehead atoms. The van der Waals surface area contributed by atoms with Crippen LogP contribution in [0.4, 0.5) is 17.3 Å². The second kappa shape index (κ2) is 9.90. The van der Waals surface area contributed by atoms with Gasteiger partial charge in [0.1, 0.15) is 11.7 Å². The van der Waals surface area contributed by atoms with Crippen LogP contribution in [0.25, 0.3) is 11.3 Å². The second-order valence-corrected chi connectivity index (χ2v) is 11.6. The van der Waals surface area contributed by atoms with E-state index < -0.39 is 5.41 Å². The molecule has 0 radical (unpaired) electrons. The second-order valence-electron chi connectivity index (χ2n) is 11.6. The first-order valence-corrected chi connectivity index (χ1v) is 13.7. The molecule has 2 aromatic heterocycles. The van der Waals surface area contributed by atoms with Gasteiger partial charge in [-0.05, 0) is 42.5 Å². The van der Waals surface area contributed by atoms with Crippen molar-refractivity contribution >= 4 is 17.3 Å². The minimum absolute atomic E-state index is 0.0134. The maximum absolute atomic E-state index is 10.1. The van der Waals surface area contributed by atoms with Crippen molar-refractivity contribution in [2.24, 2.45) is 5.92 Å². The van der Waals surface area contributed by atoms with Gasteiger partial charge in [-0.3, -0.25) is 4.68 Å². The van der Waals surface area contributed by atoms with Crippen LogP contribution in [0.1, 0.15) is 56.5 Å². The minimum Gasteiger partial charge on any atom is -0.395 e. The van der Waals surface area contributed by atoms with E-state index in [9.17, 15) is 10.4 Å². The van der Waals surface area contributed by atoms with Crippen molar-refractivity contribution in [1.29, 1.82) is 5.26 Å². The average molecular weight is 530 g/mol. The Kier molecular flexibility index (Phi) is 6.53. The van der Waals surface area contributed by atoms with Gasteiger partial charge in [-0.15, -0.1) is 0 Å². The number of hydrogen-bond donors (Lipinski definition) is 3. The third-order valence-electron chi connectivity index (χ3n) is 8.21. The first-order valence-electron chi connectivity index (χ1n) is 13.7. The summed E-state index contributed by atoms with van der Waals surface area (Å²) in [4.78, 5) is 9.29. The molecule has 1 saturated carbocycles. The highest BCUT2D eigenvalue weighted by molar-refractivity contribution is 5.76. The number of benzene rings is 1. The summed E-state index contributed by atoms with van der Waals surface area (Å²) in [5, 5.41) is 31.3. The number of aromatic nitrogens is 4. The van der Waals surface area contributed by atoms with Crippen molar-refractivity contribution < 1.29 is 14.6 Å². The van der Waals surface area contributed by atoms with Gasteiger partial charge in [0.2, 0.25) is 5.95 Å². The lowest BCUT2D eigenvalue weighted by atomic mass is 9.83. The van der Waals surface area contributed by atoms with Crippen molar-refractivity contribution in [2.45, 2.75) is 57.1 Å². The first-order chi connectivity index (χ1) is 18.9. The zero-order valence-corrected chi connectivity index (χ0v) is 22.7. The molecule has 3 aliphatic rings. The van der Waals surface area contributed by atoms with Crippen LogP contribution in [0.5, 0.6) is 0 Å². The van der Waals surface area contributed by atoms with Crippen molar-refractivity contribution in [2.75, 3.05) is 43.6 Å². The van der Waals surface area contributed by atoms with Gasteiger partial charge in [0.15, 0.2) is 0 Å². The monoisotopic (exact) mass is 529 g/mol. The number of aliphatic hydroxyl groups is 1. The van der Waals surface area contributed by atoms with Gasteiger partial charge in [-0.1, -0.05) is 20.8 Å². The van der Waals surface area contributed by atoms with Gasteiger partial charge < -0.3 is 25.2 Å². The number of rotatable bonds is 8. The lowest BCUT2D eigenvalue weighted by molar-refractivity contribution is -0.111. The van der Waals surface area contributed by atoms with E-state index in [1.54, 1.807) is 6.20 Å². The summed E-state index contributed by atoms with van der Waals surface area (Å²) >= 11 is 0. The van der Waals surface area contributed by atoms with Crippen LogP contribution in [-0.4, -0.2) is 63.4 Å². The Bertz CT molecular complexity index is 1420. The molecule has 39 heavy (non-hydrogen) atoms. The maximum atomic E-state index is 10.1. The Labute approximate surface area is 228 Å². The van der Waals surface area contributed by atoms with Crippen molar-refractivity contribution in [3.63, 3.8) is 0 Å². The van der Waals surface area contributed by atoms with Crippen LogP contribution in [0.3, 0.4) is 0 Å². The van der Waals surface area contributed by atoms with Crippen LogP contribution >= 0.6 is 0 Å². The SMILES string of the molecule is CC(C)CCc1c(Nc2nccc(-c3cc(C#N)c4c(c3)[C@@](C)(CO)CN4)n2)cnn1C1CC12COCCO2. The summed E-state index contributed by atoms with van der Waals surface area (Å²) < 4.78 is 13.9. The fourth-order valence-electron chi connectivity index (χ4n) is 5.68. The molecule has 0 amide bonds. The van der Waals surface area contributed by atoms with E-state index in [2.05, 4.69) is 40.2 Å². The molecule has 4 heterocycles. The lowest BCUT2D eigenvalue weighted by Crippen LogP contribution is -2.33. The Balaban J connectivity index is 1.30. The van der Waals surface area contributed by atoms with Crippen LogP contribution in [0, 0.1) is 17.2 Å². The van der Waals surface area contributed by atoms with E-state index in [0.717, 1.165) is 47.5 Å². The van der Waals surface area contributed by atoms with Gasteiger partial charge >= 0.3 is 0 Å². The van der Waals surface area contributed by atoms with Crippen LogP contribution in [-0.2, 0) is 21.3 Å². The minimum atomic E-state index is -0.460. The molecule has 3 atom stereocenters. The predicted molar refractivity (Wildman–Crippen MR) is 147 cm³/mol. The van der Waals surface area contributed by atoms with Crippen molar-refractivity contribution in [3.05, 3.63) is 47.4 Å². The fourth-order valence-corrected chi connectivity index (χ4v) is 5.68. The molecule has 3 aromatic rings. The van der Waals surface area contributed by atoms with Crippen molar-refractivity contribution in [1.82, 2.24) is 19.7 Å². The van der Waals surface area contributed by atoms with Crippen LogP contribution in [0.2, 0.25) is 0 Å². The average Bonchev–Trinajstić information content (AvgIpc) is 3.30. The number of aliphatic hydroxyl groups excluding tert-OH is 1. The first kappa shape index (κ1) is 25.7. The maximum Gasteiger partial charge on any atom is 0.227 e. The van der Waals surface area contributed by atoms with E-state index >= 15 is 0 Å². The van der Waals surface area contributed by atoms with E-state index in [0.29, 0.717) is 49.5 Å². The summed E-state index contributed by atoms with van der Waals surface area (Å²) in [6, 6.07) is 8.15. The lowest BCUT2D eigenvalue weighted by Gasteiger charge is -2.24. The smallest absolute Gasteiger partial charge is 0.227 e. The molecular formula is C29H35N7O3. The number of fused-ring (bicyclic) bond motifs is 1. The topological polar surface area (TPSA) is 130 Å². The molecule has 2 unspecified atom stereocenters. The number of nitrogens with zero attached hydrogens (tertiary/aromatic N) is 5. The predicted octanol–water partition coefficient (Wildman–Crippen LogP) is 3.95. The number of hydrogen-bond acceptors (Lipinski definition) is 9. The largest absolute Gasteiger partial charge is 0.395 e. The molecule has 3 N–H and O–H groups in total. The zero-order valence-electron chi connectivity index (χ0n) is 22.7. The Morgan fingerprint density at radius 2 is 2.21 bits per heavy atom. The zero-order chi connectivity index (χ0) is 27.2. The van der Waals surface area contributed by atoms with Gasteiger partial charge in [-0.2, -0.15) is 10.4 Å². The summed E-state index contributed by atoms with van der Waals surface area (Å²) in [7, 11) is 0. The molecule has 204 valence electrons. The highest BCUT2D eigenvalue weighted by Crippen LogP contribution is 2.53. The van der Waals surface area contributed by atoms with Crippen LogP contribution < -0.4 is 10.6 Å². The number of ether oxygens (including phenoxy) is 2. The van der Waals surface area contributed by atoms with E-state index in [1.807, 2.05) is 31.3 Å². The Morgan fingerprint density at radius 1 is 1.33 bits per heavy atom. The Morgan fingerprint density at radius 3 is 2.95 bits per heavy atom. The molecule has 2 fully saturated rings. The standard InChI is InChI=1S/C29H35N7O3/c1-18(2)4-5-24-23(14-33-36(24)25-12-29(25)17-38-8-9-39-29)35-27-31-7-6-22(34-27)19-10-20(13-30)26-21(11-19)28(3,16-37)15-32-26/h6-7,10-11,14,18,25,32,37H,4-5,8-9,12,15-17H2,1-3H3,(H,31,34,35)/t25?,28-,29?/m1/s1. The molecule has 1 aliphatic carbocycles. The molecule has 1 aromatic carbocycles. The van der Waals surface area contributed by atoms with Crippen molar-refractivity contribution in [3.8, 4) is 17.3 Å². The van der Waals surface area contributed by atoms with Gasteiger partial charge in [0, 0.05) is 30.1 Å². The number of nitriles is 1. The van der Waals surface area contributed by atoms with E-state index in [1.165, 1.54) is 0 Å². The molecule has 10 nitrogen and oxygen atoms in total.